The SMILES string of the molecule is C#CCNC(=NCCC1CCN(C)CC1)NCC.I. The smallest absolute Gasteiger partial charge is 0.192 e. The summed E-state index contributed by atoms with van der Waals surface area (Å²) in [6.45, 7) is 6.79. The zero-order chi connectivity index (χ0) is 13.2. The number of hydrogen-bond acceptors (Lipinski definition) is 2. The summed E-state index contributed by atoms with van der Waals surface area (Å²) in [6.07, 6.45) is 9.02. The summed E-state index contributed by atoms with van der Waals surface area (Å²) in [6, 6.07) is 0. The maximum atomic E-state index is 5.23. The topological polar surface area (TPSA) is 39.7 Å². The summed E-state index contributed by atoms with van der Waals surface area (Å²) in [5.74, 6) is 4.23. The van der Waals surface area contributed by atoms with E-state index in [4.69, 9.17) is 6.42 Å². The molecule has 0 saturated carbocycles. The molecule has 1 rings (SSSR count). The lowest BCUT2D eigenvalue weighted by Crippen LogP contribution is -2.37. The predicted molar refractivity (Wildman–Crippen MR) is 93.1 cm³/mol. The number of nitrogens with zero attached hydrogens (tertiary/aromatic N) is 2. The van der Waals surface area contributed by atoms with Crippen molar-refractivity contribution in [3.8, 4) is 12.3 Å². The van der Waals surface area contributed by atoms with Crippen molar-refractivity contribution in [1.29, 1.82) is 0 Å². The molecular formula is C14H27IN4. The highest BCUT2D eigenvalue weighted by Gasteiger charge is 2.15. The van der Waals surface area contributed by atoms with Crippen LogP contribution in [0.3, 0.4) is 0 Å². The van der Waals surface area contributed by atoms with E-state index in [1.54, 1.807) is 0 Å². The molecule has 0 bridgehead atoms. The third-order valence-corrected chi connectivity index (χ3v) is 3.35. The van der Waals surface area contributed by atoms with Gasteiger partial charge in [0.25, 0.3) is 0 Å². The molecule has 1 aliphatic heterocycles. The van der Waals surface area contributed by atoms with Crippen molar-refractivity contribution in [2.24, 2.45) is 10.9 Å². The Morgan fingerprint density at radius 1 is 1.37 bits per heavy atom. The van der Waals surface area contributed by atoms with Crippen molar-refractivity contribution in [2.75, 3.05) is 39.8 Å². The molecule has 110 valence electrons. The summed E-state index contributed by atoms with van der Waals surface area (Å²) in [4.78, 5) is 6.95. The molecule has 2 N–H and O–H groups in total. The second-order valence-corrected chi connectivity index (χ2v) is 4.85. The normalized spacial score (nSPS) is 17.4. The van der Waals surface area contributed by atoms with Crippen LogP contribution in [0.4, 0.5) is 0 Å². The maximum absolute atomic E-state index is 5.23. The number of nitrogens with one attached hydrogen (secondary N) is 2. The number of aliphatic imine (C=N–C) groups is 1. The van der Waals surface area contributed by atoms with Crippen LogP contribution in [-0.4, -0.2) is 50.6 Å². The molecule has 5 heteroatoms. The average molecular weight is 378 g/mol. The van der Waals surface area contributed by atoms with E-state index in [1.807, 2.05) is 0 Å². The first-order chi connectivity index (χ1) is 8.76. The van der Waals surface area contributed by atoms with Gasteiger partial charge in [0.1, 0.15) is 0 Å². The molecular weight excluding hydrogens is 351 g/mol. The fraction of sp³-hybridized carbons (Fsp3) is 0.786. The van der Waals surface area contributed by atoms with Gasteiger partial charge in [-0.1, -0.05) is 5.92 Å². The summed E-state index contributed by atoms with van der Waals surface area (Å²) in [5, 5.41) is 6.31. The lowest BCUT2D eigenvalue weighted by atomic mass is 9.94. The van der Waals surface area contributed by atoms with E-state index >= 15 is 0 Å². The van der Waals surface area contributed by atoms with E-state index in [9.17, 15) is 0 Å². The minimum absolute atomic E-state index is 0. The van der Waals surface area contributed by atoms with Crippen LogP contribution < -0.4 is 10.6 Å². The first-order valence-electron chi connectivity index (χ1n) is 6.90. The number of terminal acetylenes is 1. The van der Waals surface area contributed by atoms with E-state index in [0.29, 0.717) is 6.54 Å². The van der Waals surface area contributed by atoms with Gasteiger partial charge in [-0.05, 0) is 52.2 Å². The zero-order valence-electron chi connectivity index (χ0n) is 12.1. The number of hydrogen-bond donors (Lipinski definition) is 2. The fourth-order valence-electron chi connectivity index (χ4n) is 2.19. The second-order valence-electron chi connectivity index (χ2n) is 4.85. The molecule has 4 nitrogen and oxygen atoms in total. The zero-order valence-corrected chi connectivity index (χ0v) is 14.4. The van der Waals surface area contributed by atoms with E-state index in [1.165, 1.54) is 32.4 Å². The maximum Gasteiger partial charge on any atom is 0.192 e. The third-order valence-electron chi connectivity index (χ3n) is 3.35. The van der Waals surface area contributed by atoms with Crippen molar-refractivity contribution in [3.63, 3.8) is 0 Å². The van der Waals surface area contributed by atoms with Crippen LogP contribution in [0.5, 0.6) is 0 Å². The molecule has 0 radical (unpaired) electrons. The Labute approximate surface area is 134 Å². The molecule has 1 heterocycles. The molecule has 1 aliphatic rings. The van der Waals surface area contributed by atoms with Gasteiger partial charge in [0, 0.05) is 13.1 Å². The van der Waals surface area contributed by atoms with Crippen molar-refractivity contribution in [1.82, 2.24) is 15.5 Å². The van der Waals surface area contributed by atoms with Crippen molar-refractivity contribution < 1.29 is 0 Å². The van der Waals surface area contributed by atoms with Gasteiger partial charge in [0.15, 0.2) is 5.96 Å². The number of rotatable bonds is 5. The molecule has 1 saturated heterocycles. The van der Waals surface area contributed by atoms with Crippen LogP contribution in [0.1, 0.15) is 26.2 Å². The van der Waals surface area contributed by atoms with Crippen molar-refractivity contribution in [3.05, 3.63) is 0 Å². The summed E-state index contributed by atoms with van der Waals surface area (Å²) >= 11 is 0. The third kappa shape index (κ3) is 8.32. The highest BCUT2D eigenvalue weighted by molar-refractivity contribution is 14.0. The van der Waals surface area contributed by atoms with Gasteiger partial charge >= 0.3 is 0 Å². The molecule has 1 fully saturated rings. The Morgan fingerprint density at radius 3 is 2.63 bits per heavy atom. The standard InChI is InChI=1S/C14H26N4.HI/c1-4-9-16-14(15-5-2)17-10-6-13-7-11-18(3)12-8-13;/h1,13H,5-12H2,2-3H3,(H2,15,16,17);1H. The van der Waals surface area contributed by atoms with E-state index < -0.39 is 0 Å². The monoisotopic (exact) mass is 378 g/mol. The number of likely N-dealkylation sites (tertiary alicyclic amines) is 1. The summed E-state index contributed by atoms with van der Waals surface area (Å²) < 4.78 is 0. The Hall–Kier alpha value is -0.480. The predicted octanol–water partition coefficient (Wildman–Crippen LogP) is 1.52. The van der Waals surface area contributed by atoms with Gasteiger partial charge in [-0.15, -0.1) is 30.4 Å². The molecule has 0 aliphatic carbocycles. The number of guanidine groups is 1. The van der Waals surface area contributed by atoms with Crippen molar-refractivity contribution >= 4 is 29.9 Å². The Morgan fingerprint density at radius 2 is 2.05 bits per heavy atom. The Bertz CT molecular complexity index is 290. The highest BCUT2D eigenvalue weighted by atomic mass is 127. The highest BCUT2D eigenvalue weighted by Crippen LogP contribution is 2.19. The number of piperidine rings is 1. The Balaban J connectivity index is 0.00000324. The largest absolute Gasteiger partial charge is 0.357 e. The van der Waals surface area contributed by atoms with Gasteiger partial charge in [0.05, 0.1) is 6.54 Å². The summed E-state index contributed by atoms with van der Waals surface area (Å²) in [5.41, 5.74) is 0. The molecule has 0 aromatic carbocycles. The van der Waals surface area contributed by atoms with Crippen LogP contribution in [0.25, 0.3) is 0 Å². The Kier molecular flexibility index (Phi) is 11.1. The average Bonchev–Trinajstić information content (AvgIpc) is 2.38. The minimum atomic E-state index is 0. The van der Waals surface area contributed by atoms with Crippen LogP contribution >= 0.6 is 24.0 Å². The van der Waals surface area contributed by atoms with E-state index in [2.05, 4.69) is 40.4 Å². The number of halogens is 1. The van der Waals surface area contributed by atoms with Gasteiger partial charge in [-0.25, -0.2) is 0 Å². The molecule has 0 aromatic heterocycles. The lowest BCUT2D eigenvalue weighted by molar-refractivity contribution is 0.214. The first-order valence-corrected chi connectivity index (χ1v) is 6.90. The van der Waals surface area contributed by atoms with Crippen LogP contribution in [0.15, 0.2) is 4.99 Å². The van der Waals surface area contributed by atoms with E-state index in [0.717, 1.165) is 25.0 Å². The molecule has 19 heavy (non-hydrogen) atoms. The second kappa shape index (κ2) is 11.4. The van der Waals surface area contributed by atoms with Gasteiger partial charge in [0.2, 0.25) is 0 Å². The van der Waals surface area contributed by atoms with Crippen LogP contribution in [0, 0.1) is 18.3 Å². The van der Waals surface area contributed by atoms with Crippen LogP contribution in [-0.2, 0) is 0 Å². The molecule has 0 atom stereocenters. The van der Waals surface area contributed by atoms with Crippen molar-refractivity contribution in [2.45, 2.75) is 26.2 Å². The molecule has 0 amide bonds. The van der Waals surface area contributed by atoms with Gasteiger partial charge < -0.3 is 15.5 Å². The molecule has 0 unspecified atom stereocenters. The molecule has 0 spiro atoms. The summed E-state index contributed by atoms with van der Waals surface area (Å²) in [7, 11) is 2.20. The quantitative estimate of drug-likeness (QED) is 0.330. The van der Waals surface area contributed by atoms with Gasteiger partial charge in [-0.2, -0.15) is 0 Å². The lowest BCUT2D eigenvalue weighted by Gasteiger charge is -2.28. The first kappa shape index (κ1) is 18.5. The van der Waals surface area contributed by atoms with Crippen LogP contribution in [0.2, 0.25) is 0 Å². The fourth-order valence-corrected chi connectivity index (χ4v) is 2.19. The van der Waals surface area contributed by atoms with Gasteiger partial charge in [-0.3, -0.25) is 4.99 Å². The van der Waals surface area contributed by atoms with E-state index in [-0.39, 0.29) is 24.0 Å². The minimum Gasteiger partial charge on any atom is -0.357 e. The molecule has 0 aromatic rings.